The van der Waals surface area contributed by atoms with Crippen LogP contribution in [0.15, 0.2) is 0 Å². The summed E-state index contributed by atoms with van der Waals surface area (Å²) < 4.78 is 0. The van der Waals surface area contributed by atoms with Crippen LogP contribution >= 0.6 is 0 Å². The highest BCUT2D eigenvalue weighted by Crippen LogP contribution is 2.38. The summed E-state index contributed by atoms with van der Waals surface area (Å²) in [5.74, 6) is -0.418. The van der Waals surface area contributed by atoms with E-state index in [1.54, 1.807) is 6.92 Å². The second-order valence-corrected chi connectivity index (χ2v) is 5.47. The zero-order valence-electron chi connectivity index (χ0n) is 11.6. The Bertz CT molecular complexity index is 490. The molecule has 0 aliphatic heterocycles. The number of nitrogens with one attached hydrogen (secondary N) is 2. The molecule has 7 nitrogen and oxygen atoms in total. The Morgan fingerprint density at radius 1 is 1.30 bits per heavy atom. The minimum absolute atomic E-state index is 0.0179. The van der Waals surface area contributed by atoms with Crippen LogP contribution in [0.2, 0.25) is 0 Å². The van der Waals surface area contributed by atoms with Gasteiger partial charge in [0.15, 0.2) is 0 Å². The van der Waals surface area contributed by atoms with Gasteiger partial charge in [0.2, 0.25) is 11.9 Å². The smallest absolute Gasteiger partial charge is 0.310 e. The fourth-order valence-corrected chi connectivity index (χ4v) is 2.75. The molecule has 20 heavy (non-hydrogen) atoms. The van der Waals surface area contributed by atoms with E-state index in [4.69, 9.17) is 0 Å². The molecule has 0 radical (unpaired) electrons. The van der Waals surface area contributed by atoms with Crippen molar-refractivity contribution in [2.45, 2.75) is 51.9 Å². The van der Waals surface area contributed by atoms with Crippen LogP contribution in [0.4, 0.5) is 5.95 Å². The van der Waals surface area contributed by atoms with Gasteiger partial charge in [0, 0.05) is 6.42 Å². The summed E-state index contributed by atoms with van der Waals surface area (Å²) in [6.45, 7) is 1.73. The summed E-state index contributed by atoms with van der Waals surface area (Å²) in [5, 5.41) is 18.5. The third-order valence-electron chi connectivity index (χ3n) is 3.86. The molecule has 0 aromatic carbocycles. The lowest BCUT2D eigenvalue weighted by molar-refractivity contribution is -0.152. The Balaban J connectivity index is 2.03. The summed E-state index contributed by atoms with van der Waals surface area (Å²) >= 11 is 0. The number of carbonyl (C=O) groups excluding carboxylic acids is 1. The number of anilines is 1. The number of aliphatic carboxylic acids is 1. The molecule has 1 fully saturated rings. The van der Waals surface area contributed by atoms with Gasteiger partial charge >= 0.3 is 5.97 Å². The molecule has 0 spiro atoms. The Morgan fingerprint density at radius 2 is 1.95 bits per heavy atom. The SMILES string of the molecule is Cc1nc(NC(=O)CC2(C(=O)O)CCCCCC2)n[nH]1. The molecule has 1 heterocycles. The quantitative estimate of drug-likeness (QED) is 0.730. The van der Waals surface area contributed by atoms with E-state index in [9.17, 15) is 14.7 Å². The Kier molecular flexibility index (Phi) is 4.36. The van der Waals surface area contributed by atoms with Gasteiger partial charge in [0.25, 0.3) is 0 Å². The van der Waals surface area contributed by atoms with Crippen molar-refractivity contribution in [1.82, 2.24) is 15.2 Å². The fraction of sp³-hybridized carbons (Fsp3) is 0.692. The van der Waals surface area contributed by atoms with E-state index in [1.165, 1.54) is 0 Å². The number of nitrogens with zero attached hydrogens (tertiary/aromatic N) is 2. The second kappa shape index (κ2) is 6.02. The molecule has 110 valence electrons. The number of aromatic amines is 1. The molecule has 3 N–H and O–H groups in total. The minimum atomic E-state index is -0.939. The number of carbonyl (C=O) groups is 2. The number of H-pyrrole nitrogens is 1. The van der Waals surface area contributed by atoms with E-state index in [2.05, 4.69) is 20.5 Å². The zero-order valence-corrected chi connectivity index (χ0v) is 11.6. The van der Waals surface area contributed by atoms with Crippen LogP contribution in [0, 0.1) is 12.3 Å². The second-order valence-electron chi connectivity index (χ2n) is 5.47. The Morgan fingerprint density at radius 3 is 2.45 bits per heavy atom. The number of amides is 1. The van der Waals surface area contributed by atoms with Gasteiger partial charge < -0.3 is 5.11 Å². The number of carboxylic acids is 1. The molecule has 1 aliphatic rings. The lowest BCUT2D eigenvalue weighted by Gasteiger charge is -2.26. The maximum atomic E-state index is 12.0. The van der Waals surface area contributed by atoms with Gasteiger partial charge in [-0.05, 0) is 19.8 Å². The molecule has 1 aliphatic carbocycles. The molecule has 1 aromatic rings. The fourth-order valence-electron chi connectivity index (χ4n) is 2.75. The van der Waals surface area contributed by atoms with E-state index in [-0.39, 0.29) is 18.3 Å². The average molecular weight is 280 g/mol. The highest BCUT2D eigenvalue weighted by atomic mass is 16.4. The number of aromatic nitrogens is 3. The van der Waals surface area contributed by atoms with E-state index in [0.717, 1.165) is 25.7 Å². The summed E-state index contributed by atoms with van der Waals surface area (Å²) in [7, 11) is 0. The van der Waals surface area contributed by atoms with Crippen LogP contribution in [-0.4, -0.2) is 32.2 Å². The highest BCUT2D eigenvalue weighted by Gasteiger charge is 2.40. The van der Waals surface area contributed by atoms with Crippen molar-refractivity contribution in [3.05, 3.63) is 5.82 Å². The van der Waals surface area contributed by atoms with E-state index < -0.39 is 11.4 Å². The monoisotopic (exact) mass is 280 g/mol. The number of aryl methyl sites for hydroxylation is 1. The summed E-state index contributed by atoms with van der Waals surface area (Å²) in [6, 6.07) is 0. The van der Waals surface area contributed by atoms with E-state index >= 15 is 0 Å². The number of carboxylic acid groups (broad SMARTS) is 1. The zero-order chi connectivity index (χ0) is 14.6. The van der Waals surface area contributed by atoms with E-state index in [1.807, 2.05) is 0 Å². The van der Waals surface area contributed by atoms with Crippen molar-refractivity contribution in [3.63, 3.8) is 0 Å². The van der Waals surface area contributed by atoms with Gasteiger partial charge in [-0.2, -0.15) is 4.98 Å². The lowest BCUT2D eigenvalue weighted by atomic mass is 9.77. The topological polar surface area (TPSA) is 108 Å². The van der Waals surface area contributed by atoms with Crippen LogP contribution in [0.5, 0.6) is 0 Å². The van der Waals surface area contributed by atoms with Gasteiger partial charge in [0.05, 0.1) is 5.41 Å². The van der Waals surface area contributed by atoms with Crippen molar-refractivity contribution in [1.29, 1.82) is 0 Å². The molecule has 1 amide bonds. The maximum absolute atomic E-state index is 12.0. The largest absolute Gasteiger partial charge is 0.481 e. The van der Waals surface area contributed by atoms with Gasteiger partial charge in [-0.25, -0.2) is 0 Å². The van der Waals surface area contributed by atoms with Crippen LogP contribution < -0.4 is 5.32 Å². The summed E-state index contributed by atoms with van der Waals surface area (Å²) in [6.07, 6.45) is 4.90. The molecule has 1 aromatic heterocycles. The number of hydrogen-bond acceptors (Lipinski definition) is 4. The van der Waals surface area contributed by atoms with Crippen LogP contribution in [0.1, 0.15) is 50.8 Å². The van der Waals surface area contributed by atoms with E-state index in [0.29, 0.717) is 18.7 Å². The van der Waals surface area contributed by atoms with Crippen molar-refractivity contribution < 1.29 is 14.7 Å². The third-order valence-corrected chi connectivity index (χ3v) is 3.86. The predicted molar refractivity (Wildman–Crippen MR) is 72.1 cm³/mol. The maximum Gasteiger partial charge on any atom is 0.310 e. The van der Waals surface area contributed by atoms with Crippen molar-refractivity contribution in [3.8, 4) is 0 Å². The standard InChI is InChI=1S/C13H20N4O3/c1-9-14-12(17-16-9)15-10(18)8-13(11(19)20)6-4-2-3-5-7-13/h2-8H2,1H3,(H,19,20)(H2,14,15,16,17,18). The Labute approximate surface area is 117 Å². The molecule has 7 heteroatoms. The van der Waals surface area contributed by atoms with Crippen LogP contribution in [-0.2, 0) is 9.59 Å². The Hall–Kier alpha value is -1.92. The third kappa shape index (κ3) is 3.34. The van der Waals surface area contributed by atoms with Crippen molar-refractivity contribution >= 4 is 17.8 Å². The molecule has 0 bridgehead atoms. The molecular formula is C13H20N4O3. The first-order chi connectivity index (χ1) is 9.52. The number of rotatable bonds is 4. The summed E-state index contributed by atoms with van der Waals surface area (Å²) in [5.41, 5.74) is -0.939. The molecule has 0 unspecified atom stereocenters. The molecular weight excluding hydrogens is 260 g/mol. The molecule has 0 saturated heterocycles. The number of hydrogen-bond donors (Lipinski definition) is 3. The first-order valence-corrected chi connectivity index (χ1v) is 6.94. The lowest BCUT2D eigenvalue weighted by Crippen LogP contribution is -2.35. The van der Waals surface area contributed by atoms with Gasteiger partial charge in [-0.15, -0.1) is 5.10 Å². The van der Waals surface area contributed by atoms with Crippen LogP contribution in [0.25, 0.3) is 0 Å². The first-order valence-electron chi connectivity index (χ1n) is 6.94. The van der Waals surface area contributed by atoms with Crippen LogP contribution in [0.3, 0.4) is 0 Å². The van der Waals surface area contributed by atoms with Crippen molar-refractivity contribution in [2.75, 3.05) is 5.32 Å². The highest BCUT2D eigenvalue weighted by molar-refractivity contribution is 5.93. The van der Waals surface area contributed by atoms with Gasteiger partial charge in [-0.1, -0.05) is 25.7 Å². The molecule has 0 atom stereocenters. The van der Waals surface area contributed by atoms with Gasteiger partial charge in [-0.3, -0.25) is 20.0 Å². The first kappa shape index (κ1) is 14.5. The predicted octanol–water partition coefficient (Wildman–Crippen LogP) is 1.87. The average Bonchev–Trinajstić information content (AvgIpc) is 2.64. The minimum Gasteiger partial charge on any atom is -0.481 e. The molecule has 1 saturated carbocycles. The van der Waals surface area contributed by atoms with Crippen molar-refractivity contribution in [2.24, 2.45) is 5.41 Å². The normalized spacial score (nSPS) is 18.2. The molecule has 2 rings (SSSR count). The van der Waals surface area contributed by atoms with Gasteiger partial charge in [0.1, 0.15) is 5.82 Å². The summed E-state index contributed by atoms with van der Waals surface area (Å²) in [4.78, 5) is 27.6.